The molecule has 150 valence electrons. The maximum atomic E-state index is 12.8. The van der Waals surface area contributed by atoms with Crippen molar-refractivity contribution >= 4 is 34.4 Å². The third kappa shape index (κ3) is 5.71. The lowest BCUT2D eigenvalue weighted by atomic mass is 9.86. The van der Waals surface area contributed by atoms with Gasteiger partial charge in [0.2, 0.25) is 5.91 Å². The maximum Gasteiger partial charge on any atom is 0.222 e. The van der Waals surface area contributed by atoms with E-state index >= 15 is 0 Å². The molecule has 0 heterocycles. The first kappa shape index (κ1) is 21.7. The van der Waals surface area contributed by atoms with E-state index in [-0.39, 0.29) is 23.4 Å². The summed E-state index contributed by atoms with van der Waals surface area (Å²) in [4.78, 5) is 13.0. The number of carbonyl (C=O) groups is 1. The van der Waals surface area contributed by atoms with Gasteiger partial charge in [0.15, 0.2) is 0 Å². The van der Waals surface area contributed by atoms with Crippen LogP contribution >= 0.6 is 12.2 Å². The molecule has 7 nitrogen and oxygen atoms in total. The van der Waals surface area contributed by atoms with Gasteiger partial charge in [0, 0.05) is 24.4 Å². The molecule has 3 N–H and O–H groups in total. The van der Waals surface area contributed by atoms with Crippen LogP contribution in [-0.2, 0) is 21.6 Å². The molecule has 0 saturated heterocycles. The van der Waals surface area contributed by atoms with E-state index in [4.69, 9.17) is 17.0 Å². The molecule has 1 aromatic carbocycles. The first-order chi connectivity index (χ1) is 12.9. The summed E-state index contributed by atoms with van der Waals surface area (Å²) in [5.41, 5.74) is -0.813. The first-order valence-electron chi connectivity index (χ1n) is 8.94. The summed E-state index contributed by atoms with van der Waals surface area (Å²) in [5, 5.41) is 5.86. The first-order valence-corrected chi connectivity index (χ1v) is 10.4. The van der Waals surface area contributed by atoms with E-state index in [0.717, 1.165) is 25.7 Å². The van der Waals surface area contributed by atoms with E-state index in [1.54, 1.807) is 38.4 Å². The molecule has 0 spiro atoms. The van der Waals surface area contributed by atoms with E-state index in [1.807, 2.05) is 0 Å². The van der Waals surface area contributed by atoms with Gasteiger partial charge >= 0.3 is 0 Å². The van der Waals surface area contributed by atoms with Crippen LogP contribution in [0.25, 0.3) is 0 Å². The van der Waals surface area contributed by atoms with Gasteiger partial charge in [-0.2, -0.15) is 0 Å². The van der Waals surface area contributed by atoms with Crippen molar-refractivity contribution in [2.45, 2.75) is 50.1 Å². The third-order valence-electron chi connectivity index (χ3n) is 4.85. The van der Waals surface area contributed by atoms with Crippen molar-refractivity contribution in [3.05, 3.63) is 29.8 Å². The zero-order chi connectivity index (χ0) is 19.9. The molecule has 0 aliphatic heterocycles. The maximum absolute atomic E-state index is 12.8. The van der Waals surface area contributed by atoms with E-state index in [2.05, 4.69) is 15.4 Å². The Morgan fingerprint density at radius 3 is 2.44 bits per heavy atom. The monoisotopic (exact) mass is 412 g/mol. The predicted molar refractivity (Wildman–Crippen MR) is 108 cm³/mol. The highest BCUT2D eigenvalue weighted by molar-refractivity contribution is 7.80. The number of thiocarbonyl (C=S) groups is 1. The molecule has 0 radical (unpaired) electrons. The van der Waals surface area contributed by atoms with Crippen LogP contribution in [0.15, 0.2) is 24.3 Å². The van der Waals surface area contributed by atoms with Gasteiger partial charge in [-0.05, 0) is 30.5 Å². The molecular formula is C18H26N3O4S2-. The molecule has 1 aliphatic rings. The van der Waals surface area contributed by atoms with Crippen molar-refractivity contribution in [1.29, 1.82) is 0 Å². The molecule has 1 amide bonds. The molecule has 9 heteroatoms. The van der Waals surface area contributed by atoms with Crippen molar-refractivity contribution in [1.82, 2.24) is 15.4 Å². The summed E-state index contributed by atoms with van der Waals surface area (Å²) in [6.07, 6.45) is 5.11. The Morgan fingerprint density at radius 2 is 1.93 bits per heavy atom. The van der Waals surface area contributed by atoms with Gasteiger partial charge in [0.05, 0.1) is 13.5 Å². The summed E-state index contributed by atoms with van der Waals surface area (Å²) in [6, 6.07) is 6.95. The minimum atomic E-state index is -2.63. The van der Waals surface area contributed by atoms with Crippen LogP contribution in [0.4, 0.5) is 0 Å². The molecule has 2 rings (SSSR count). The zero-order valence-electron chi connectivity index (χ0n) is 15.6. The van der Waals surface area contributed by atoms with Crippen LogP contribution < -0.4 is 20.1 Å². The molecule has 27 heavy (non-hydrogen) atoms. The number of benzene rings is 1. The van der Waals surface area contributed by atoms with Gasteiger partial charge in [0.25, 0.3) is 0 Å². The largest absolute Gasteiger partial charge is 0.760 e. The fourth-order valence-corrected chi connectivity index (χ4v) is 4.33. The number of amides is 1. The number of methoxy groups -OCH3 is 1. The number of likely N-dealkylation sites (N-methyl/N-ethyl adjacent to an activating group) is 1. The molecule has 1 fully saturated rings. The van der Waals surface area contributed by atoms with Crippen LogP contribution in [0.2, 0.25) is 0 Å². The second-order valence-electron chi connectivity index (χ2n) is 6.63. The summed E-state index contributed by atoms with van der Waals surface area (Å²) in [7, 11) is 3.15. The van der Waals surface area contributed by atoms with E-state index in [9.17, 15) is 13.6 Å². The summed E-state index contributed by atoms with van der Waals surface area (Å²) >= 11 is 2.79. The molecule has 0 aromatic heterocycles. The minimum Gasteiger partial charge on any atom is -0.760 e. The Kier molecular flexibility index (Phi) is 8.15. The second kappa shape index (κ2) is 10.1. The fraction of sp³-hybridized carbons (Fsp3) is 0.556. The average molecular weight is 413 g/mol. The van der Waals surface area contributed by atoms with Crippen molar-refractivity contribution in [2.24, 2.45) is 0 Å². The predicted octanol–water partition coefficient (Wildman–Crippen LogP) is 1.66. The Bertz CT molecular complexity index is 678. The van der Waals surface area contributed by atoms with Crippen molar-refractivity contribution in [2.75, 3.05) is 14.2 Å². The number of rotatable bonds is 8. The van der Waals surface area contributed by atoms with Crippen molar-refractivity contribution in [3.8, 4) is 5.75 Å². The average Bonchev–Trinajstić information content (AvgIpc) is 2.67. The molecule has 1 saturated carbocycles. The summed E-state index contributed by atoms with van der Waals surface area (Å²) < 4.78 is 30.7. The number of hydrogen-bond acceptors (Lipinski definition) is 5. The summed E-state index contributed by atoms with van der Waals surface area (Å²) in [5.74, 6) is 0.381. The lowest BCUT2D eigenvalue weighted by Gasteiger charge is -2.36. The van der Waals surface area contributed by atoms with Crippen molar-refractivity contribution in [3.63, 3.8) is 0 Å². The Morgan fingerprint density at radius 1 is 1.30 bits per heavy atom. The number of hydrogen-bond donors (Lipinski definition) is 3. The van der Waals surface area contributed by atoms with Crippen LogP contribution in [0.1, 0.15) is 44.1 Å². The molecule has 0 bridgehead atoms. The third-order valence-corrected chi connectivity index (χ3v) is 5.92. The van der Waals surface area contributed by atoms with Gasteiger partial charge < -0.3 is 19.9 Å². The quantitative estimate of drug-likeness (QED) is 0.443. The molecule has 1 aromatic rings. The van der Waals surface area contributed by atoms with Crippen LogP contribution in [0.5, 0.6) is 5.75 Å². The SMILES string of the molecule is CNC(=S)C(CC(=O)NC1CCCCC1)(NS(=O)[O-])c1ccc(OC)cc1. The lowest BCUT2D eigenvalue weighted by molar-refractivity contribution is -0.122. The molecule has 2 atom stereocenters. The molecule has 1 aliphatic carbocycles. The van der Waals surface area contributed by atoms with Crippen molar-refractivity contribution < 1.29 is 18.3 Å². The Hall–Kier alpha value is -1.55. The van der Waals surface area contributed by atoms with Gasteiger partial charge in [0.1, 0.15) is 16.3 Å². The van der Waals surface area contributed by atoms with Crippen LogP contribution in [0.3, 0.4) is 0 Å². The van der Waals surface area contributed by atoms with Gasteiger partial charge in [-0.25, -0.2) is 4.72 Å². The smallest absolute Gasteiger partial charge is 0.222 e. The van der Waals surface area contributed by atoms with Gasteiger partial charge in [-0.1, -0.05) is 43.6 Å². The van der Waals surface area contributed by atoms with E-state index in [1.165, 1.54) is 6.42 Å². The highest BCUT2D eigenvalue weighted by Crippen LogP contribution is 2.29. The van der Waals surface area contributed by atoms with Crippen LogP contribution in [-0.4, -0.2) is 39.9 Å². The van der Waals surface area contributed by atoms with E-state index < -0.39 is 16.8 Å². The molecular weight excluding hydrogens is 386 g/mol. The zero-order valence-corrected chi connectivity index (χ0v) is 17.2. The standard InChI is InChI=1S/C18H27N3O4S2/c1-19-17(26)18(21-27(23)24,13-8-10-15(25-2)11-9-13)12-16(22)20-14-6-4-3-5-7-14/h8-11,14,21H,3-7,12H2,1-2H3,(H,19,26)(H,20,22)(H,23,24)/p-1. The number of nitrogens with one attached hydrogen (secondary N) is 3. The summed E-state index contributed by atoms with van der Waals surface area (Å²) in [6.45, 7) is 0. The lowest BCUT2D eigenvalue weighted by Crippen LogP contribution is -2.56. The number of carbonyl (C=O) groups excluding carboxylic acids is 1. The highest BCUT2D eigenvalue weighted by Gasteiger charge is 2.39. The Labute approximate surface area is 168 Å². The topological polar surface area (TPSA) is 103 Å². The minimum absolute atomic E-state index is 0.126. The van der Waals surface area contributed by atoms with Gasteiger partial charge in [-0.15, -0.1) is 0 Å². The van der Waals surface area contributed by atoms with Gasteiger partial charge in [-0.3, -0.25) is 9.00 Å². The molecule has 2 unspecified atom stereocenters. The van der Waals surface area contributed by atoms with E-state index in [0.29, 0.717) is 11.3 Å². The highest BCUT2D eigenvalue weighted by atomic mass is 32.2. The number of ether oxygens (including phenoxy) is 1. The van der Waals surface area contributed by atoms with Crippen LogP contribution in [0, 0.1) is 0 Å². The Balaban J connectivity index is 2.32. The second-order valence-corrected chi connectivity index (χ2v) is 7.71. The normalized spacial score (nSPS) is 18.2. The fourth-order valence-electron chi connectivity index (χ4n) is 3.45.